The number of fused-ring (bicyclic) bond motifs is 1. The molecule has 3 rings (SSSR count). The van der Waals surface area contributed by atoms with Crippen molar-refractivity contribution in [2.24, 2.45) is 0 Å². The Morgan fingerprint density at radius 1 is 1.22 bits per heavy atom. The maximum absolute atomic E-state index is 9.87. The molecule has 1 N–H and O–H groups in total. The van der Waals surface area contributed by atoms with Gasteiger partial charge in [0.05, 0.1) is 23.8 Å². The Morgan fingerprint density at radius 2 is 2.00 bits per heavy atom. The molecule has 0 unspecified atom stereocenters. The minimum Gasteiger partial charge on any atom is -0.389 e. The van der Waals surface area contributed by atoms with E-state index in [9.17, 15) is 5.11 Å². The van der Waals surface area contributed by atoms with Crippen molar-refractivity contribution in [3.8, 4) is 5.69 Å². The van der Waals surface area contributed by atoms with E-state index in [0.717, 1.165) is 24.1 Å². The Labute approximate surface area is 107 Å². The molecule has 0 spiro atoms. The maximum Gasteiger partial charge on any atom is 0.0997 e. The van der Waals surface area contributed by atoms with E-state index in [0.29, 0.717) is 0 Å². The number of hydrogen-bond donors (Lipinski definition) is 1. The molecule has 1 aliphatic rings. The number of aryl methyl sites for hydroxylation is 1. The molecular weight excluding hydrogens is 224 g/mol. The average molecular weight is 242 g/mol. The molecule has 0 saturated carbocycles. The fourth-order valence-electron chi connectivity index (χ4n) is 2.74. The second-order valence-corrected chi connectivity index (χ2v) is 4.95. The Kier molecular flexibility index (Phi) is 2.92. The van der Waals surface area contributed by atoms with Gasteiger partial charge in [-0.25, -0.2) is 4.98 Å². The summed E-state index contributed by atoms with van der Waals surface area (Å²) in [7, 11) is 0. The van der Waals surface area contributed by atoms with Gasteiger partial charge in [-0.15, -0.1) is 0 Å². The molecule has 3 heteroatoms. The van der Waals surface area contributed by atoms with Crippen LogP contribution in [0.1, 0.15) is 42.8 Å². The first-order chi connectivity index (χ1) is 8.77. The summed E-state index contributed by atoms with van der Waals surface area (Å²) in [6, 6.07) is 8.01. The largest absolute Gasteiger partial charge is 0.389 e. The SMILES string of the molecule is C[C@@H](O)c1ccccc1-n1cnc2c1CCCC2. The van der Waals surface area contributed by atoms with Crippen molar-refractivity contribution >= 4 is 0 Å². The van der Waals surface area contributed by atoms with Crippen LogP contribution in [0.25, 0.3) is 5.69 Å². The first-order valence-electron chi connectivity index (χ1n) is 6.60. The molecule has 1 atom stereocenters. The molecule has 0 radical (unpaired) electrons. The Hall–Kier alpha value is -1.61. The van der Waals surface area contributed by atoms with Crippen molar-refractivity contribution in [3.63, 3.8) is 0 Å². The zero-order valence-electron chi connectivity index (χ0n) is 10.6. The molecule has 0 saturated heterocycles. The van der Waals surface area contributed by atoms with Crippen LogP contribution in [0.5, 0.6) is 0 Å². The molecule has 1 aromatic carbocycles. The molecule has 1 aromatic heterocycles. The fourth-order valence-corrected chi connectivity index (χ4v) is 2.74. The first kappa shape index (κ1) is 11.5. The summed E-state index contributed by atoms with van der Waals surface area (Å²) in [5, 5.41) is 9.87. The van der Waals surface area contributed by atoms with E-state index in [2.05, 4.69) is 15.6 Å². The van der Waals surface area contributed by atoms with Crippen LogP contribution in [0, 0.1) is 0 Å². The van der Waals surface area contributed by atoms with E-state index in [1.165, 1.54) is 24.2 Å². The maximum atomic E-state index is 9.87. The molecule has 3 nitrogen and oxygen atoms in total. The van der Waals surface area contributed by atoms with Crippen molar-refractivity contribution < 1.29 is 5.11 Å². The minimum absolute atomic E-state index is 0.456. The Morgan fingerprint density at radius 3 is 2.83 bits per heavy atom. The number of para-hydroxylation sites is 1. The van der Waals surface area contributed by atoms with Crippen LogP contribution in [0.4, 0.5) is 0 Å². The lowest BCUT2D eigenvalue weighted by atomic mass is 10.0. The summed E-state index contributed by atoms with van der Waals surface area (Å²) < 4.78 is 2.15. The predicted molar refractivity (Wildman–Crippen MR) is 70.8 cm³/mol. The van der Waals surface area contributed by atoms with E-state index in [4.69, 9.17) is 0 Å². The summed E-state index contributed by atoms with van der Waals surface area (Å²) in [4.78, 5) is 4.51. The Balaban J connectivity index is 2.13. The first-order valence-corrected chi connectivity index (χ1v) is 6.60. The monoisotopic (exact) mass is 242 g/mol. The van der Waals surface area contributed by atoms with Gasteiger partial charge in [0.15, 0.2) is 0 Å². The summed E-state index contributed by atoms with van der Waals surface area (Å²) in [5.41, 5.74) is 4.56. The van der Waals surface area contributed by atoms with Crippen LogP contribution in [0.15, 0.2) is 30.6 Å². The second kappa shape index (κ2) is 4.58. The van der Waals surface area contributed by atoms with Crippen LogP contribution in [0.2, 0.25) is 0 Å². The molecular formula is C15H18N2O. The van der Waals surface area contributed by atoms with Crippen molar-refractivity contribution in [2.45, 2.75) is 38.7 Å². The molecule has 0 fully saturated rings. The topological polar surface area (TPSA) is 38.0 Å². The summed E-state index contributed by atoms with van der Waals surface area (Å²) in [6.45, 7) is 1.81. The zero-order chi connectivity index (χ0) is 12.5. The number of aliphatic hydroxyl groups excluding tert-OH is 1. The predicted octanol–water partition coefficient (Wildman–Crippen LogP) is 2.80. The lowest BCUT2D eigenvalue weighted by Gasteiger charge is -2.17. The van der Waals surface area contributed by atoms with Crippen LogP contribution < -0.4 is 0 Å². The molecule has 2 aromatic rings. The summed E-state index contributed by atoms with van der Waals surface area (Å²) in [5.74, 6) is 0. The average Bonchev–Trinajstić information content (AvgIpc) is 2.82. The number of aliphatic hydroxyl groups is 1. The number of nitrogens with zero attached hydrogens (tertiary/aromatic N) is 2. The Bertz CT molecular complexity index is 557. The van der Waals surface area contributed by atoms with Crippen molar-refractivity contribution in [1.82, 2.24) is 9.55 Å². The summed E-state index contributed by atoms with van der Waals surface area (Å²) in [6.07, 6.45) is 6.08. The van der Waals surface area contributed by atoms with Gasteiger partial charge >= 0.3 is 0 Å². The second-order valence-electron chi connectivity index (χ2n) is 4.95. The van der Waals surface area contributed by atoms with Gasteiger partial charge in [0, 0.05) is 11.3 Å². The smallest absolute Gasteiger partial charge is 0.0997 e. The molecule has 0 amide bonds. The van der Waals surface area contributed by atoms with Gasteiger partial charge in [-0.1, -0.05) is 18.2 Å². The standard InChI is InChI=1S/C15H18N2O/c1-11(18)12-6-2-4-8-14(12)17-10-16-13-7-3-5-9-15(13)17/h2,4,6,8,10-11,18H,3,5,7,9H2,1H3/t11-/m1/s1. The highest BCUT2D eigenvalue weighted by Crippen LogP contribution is 2.27. The van der Waals surface area contributed by atoms with Crippen molar-refractivity contribution in [2.75, 3.05) is 0 Å². The van der Waals surface area contributed by atoms with Gasteiger partial charge in [0.1, 0.15) is 0 Å². The van der Waals surface area contributed by atoms with Gasteiger partial charge in [-0.05, 0) is 38.7 Å². The normalized spacial score (nSPS) is 16.3. The molecule has 94 valence electrons. The van der Waals surface area contributed by atoms with Gasteiger partial charge in [-0.3, -0.25) is 0 Å². The highest BCUT2D eigenvalue weighted by atomic mass is 16.3. The number of imidazole rings is 1. The van der Waals surface area contributed by atoms with Crippen molar-refractivity contribution in [1.29, 1.82) is 0 Å². The van der Waals surface area contributed by atoms with Gasteiger partial charge in [0.2, 0.25) is 0 Å². The lowest BCUT2D eigenvalue weighted by Crippen LogP contribution is -2.09. The van der Waals surface area contributed by atoms with Gasteiger partial charge in [-0.2, -0.15) is 0 Å². The van der Waals surface area contributed by atoms with E-state index in [1.54, 1.807) is 0 Å². The third kappa shape index (κ3) is 1.85. The molecule has 0 bridgehead atoms. The van der Waals surface area contributed by atoms with Gasteiger partial charge < -0.3 is 9.67 Å². The quantitative estimate of drug-likeness (QED) is 0.879. The fraction of sp³-hybridized carbons (Fsp3) is 0.400. The zero-order valence-corrected chi connectivity index (χ0v) is 10.6. The number of aromatic nitrogens is 2. The van der Waals surface area contributed by atoms with Crippen LogP contribution in [0.3, 0.4) is 0 Å². The van der Waals surface area contributed by atoms with Gasteiger partial charge in [0.25, 0.3) is 0 Å². The van der Waals surface area contributed by atoms with Crippen LogP contribution >= 0.6 is 0 Å². The number of rotatable bonds is 2. The third-order valence-corrected chi connectivity index (χ3v) is 3.68. The van der Waals surface area contributed by atoms with E-state index < -0.39 is 6.10 Å². The highest BCUT2D eigenvalue weighted by Gasteiger charge is 2.18. The highest BCUT2D eigenvalue weighted by molar-refractivity contribution is 5.44. The molecule has 0 aliphatic heterocycles. The van der Waals surface area contributed by atoms with Crippen LogP contribution in [-0.2, 0) is 12.8 Å². The molecule has 18 heavy (non-hydrogen) atoms. The minimum atomic E-state index is -0.456. The van der Waals surface area contributed by atoms with E-state index in [-0.39, 0.29) is 0 Å². The molecule has 1 aliphatic carbocycles. The molecule has 1 heterocycles. The third-order valence-electron chi connectivity index (χ3n) is 3.68. The lowest BCUT2D eigenvalue weighted by molar-refractivity contribution is 0.199. The van der Waals surface area contributed by atoms with Crippen LogP contribution in [-0.4, -0.2) is 14.7 Å². The number of hydrogen-bond acceptors (Lipinski definition) is 2. The van der Waals surface area contributed by atoms with E-state index >= 15 is 0 Å². The summed E-state index contributed by atoms with van der Waals surface area (Å²) >= 11 is 0. The van der Waals surface area contributed by atoms with Crippen molar-refractivity contribution in [3.05, 3.63) is 47.5 Å². The number of benzene rings is 1. The van der Waals surface area contributed by atoms with E-state index in [1.807, 2.05) is 31.5 Å².